The van der Waals surface area contributed by atoms with E-state index in [0.29, 0.717) is 12.2 Å². The molecule has 4 nitrogen and oxygen atoms in total. The molecule has 0 aliphatic rings. The quantitative estimate of drug-likeness (QED) is 0.797. The first-order valence-corrected chi connectivity index (χ1v) is 5.47. The van der Waals surface area contributed by atoms with E-state index >= 15 is 0 Å². The molecule has 0 radical (unpaired) electrons. The third-order valence-electron chi connectivity index (χ3n) is 2.43. The van der Waals surface area contributed by atoms with Gasteiger partial charge < -0.3 is 4.57 Å². The summed E-state index contributed by atoms with van der Waals surface area (Å²) >= 11 is 0. The molecule has 1 rings (SSSR count). The van der Waals surface area contributed by atoms with Crippen LogP contribution in [-0.4, -0.2) is 9.13 Å². The Balaban J connectivity index is 3.36. The second-order valence-corrected chi connectivity index (χ2v) is 3.75. The number of hydrogen-bond acceptors (Lipinski definition) is 2. The highest BCUT2D eigenvalue weighted by molar-refractivity contribution is 4.99. The third kappa shape index (κ3) is 2.37. The van der Waals surface area contributed by atoms with Crippen LogP contribution in [0, 0.1) is 12.3 Å². The van der Waals surface area contributed by atoms with Crippen molar-refractivity contribution < 1.29 is 0 Å². The zero-order valence-electron chi connectivity index (χ0n) is 9.71. The smallest absolute Gasteiger partial charge is 0.255 e. The van der Waals surface area contributed by atoms with Crippen LogP contribution in [0.5, 0.6) is 0 Å². The first-order valence-electron chi connectivity index (χ1n) is 5.47. The van der Waals surface area contributed by atoms with Crippen molar-refractivity contribution in [3.63, 3.8) is 0 Å². The molecule has 0 fully saturated rings. The summed E-state index contributed by atoms with van der Waals surface area (Å²) in [5.41, 5.74) is 1.13. The molecular weight excluding hydrogens is 190 g/mol. The highest BCUT2D eigenvalue weighted by Gasteiger charge is 2.04. The van der Waals surface area contributed by atoms with Crippen LogP contribution in [-0.2, 0) is 13.1 Å². The minimum absolute atomic E-state index is 0.0632. The molecule has 4 heteroatoms. The Hall–Kier alpha value is -1.32. The highest BCUT2D eigenvalue weighted by atomic mass is 16.1. The van der Waals surface area contributed by atoms with Crippen molar-refractivity contribution in [1.29, 1.82) is 5.41 Å². The standard InChI is InChI=1S/C11H19N3O/c1-4-6-13-9(3)8-10(15)14(7-5-2)11(13)12/h8,12H,4-7H2,1-3H3. The summed E-state index contributed by atoms with van der Waals surface area (Å²) in [6.45, 7) is 7.39. The highest BCUT2D eigenvalue weighted by Crippen LogP contribution is 1.93. The van der Waals surface area contributed by atoms with Gasteiger partial charge in [-0.15, -0.1) is 0 Å². The lowest BCUT2D eigenvalue weighted by Gasteiger charge is -2.13. The molecule has 0 saturated heterocycles. The first kappa shape index (κ1) is 11.8. The van der Waals surface area contributed by atoms with E-state index in [1.54, 1.807) is 6.07 Å². The van der Waals surface area contributed by atoms with Crippen LogP contribution in [0.4, 0.5) is 0 Å². The Morgan fingerprint density at radius 3 is 2.27 bits per heavy atom. The average Bonchev–Trinajstić information content (AvgIpc) is 2.19. The molecule has 1 N–H and O–H groups in total. The maximum absolute atomic E-state index is 11.6. The molecule has 15 heavy (non-hydrogen) atoms. The molecule has 0 atom stereocenters. The van der Waals surface area contributed by atoms with Gasteiger partial charge in [-0.25, -0.2) is 0 Å². The number of nitrogens with zero attached hydrogens (tertiary/aromatic N) is 2. The van der Waals surface area contributed by atoms with E-state index in [1.807, 2.05) is 18.4 Å². The van der Waals surface area contributed by atoms with E-state index in [2.05, 4.69) is 6.92 Å². The van der Waals surface area contributed by atoms with E-state index in [9.17, 15) is 4.79 Å². The molecule has 0 spiro atoms. The largest absolute Gasteiger partial charge is 0.316 e. The van der Waals surface area contributed by atoms with Crippen LogP contribution in [0.3, 0.4) is 0 Å². The molecule has 0 saturated carbocycles. The molecule has 0 unspecified atom stereocenters. The SMILES string of the molecule is CCCn1c(C)cc(=O)n(CCC)c1=N. The molecule has 0 amide bonds. The first-order chi connectivity index (χ1) is 7.11. The van der Waals surface area contributed by atoms with Crippen LogP contribution in [0.15, 0.2) is 10.9 Å². The van der Waals surface area contributed by atoms with E-state index in [-0.39, 0.29) is 5.56 Å². The Morgan fingerprint density at radius 1 is 1.20 bits per heavy atom. The average molecular weight is 209 g/mol. The van der Waals surface area contributed by atoms with Crippen LogP contribution in [0.1, 0.15) is 32.4 Å². The monoisotopic (exact) mass is 209 g/mol. The van der Waals surface area contributed by atoms with Gasteiger partial charge in [0.15, 0.2) is 0 Å². The second kappa shape index (κ2) is 4.96. The summed E-state index contributed by atoms with van der Waals surface area (Å²) in [4.78, 5) is 11.6. The number of hydrogen-bond donors (Lipinski definition) is 1. The van der Waals surface area contributed by atoms with Gasteiger partial charge in [0, 0.05) is 24.8 Å². The summed E-state index contributed by atoms with van der Waals surface area (Å²) < 4.78 is 3.42. The maximum Gasteiger partial charge on any atom is 0.255 e. The van der Waals surface area contributed by atoms with Crippen molar-refractivity contribution >= 4 is 0 Å². The molecule has 0 bridgehead atoms. The fraction of sp³-hybridized carbons (Fsp3) is 0.636. The lowest BCUT2D eigenvalue weighted by molar-refractivity contribution is 0.508. The molecular formula is C11H19N3O. The number of aromatic nitrogens is 2. The van der Waals surface area contributed by atoms with Gasteiger partial charge in [-0.3, -0.25) is 14.8 Å². The molecule has 1 heterocycles. The van der Waals surface area contributed by atoms with Crippen molar-refractivity contribution in [1.82, 2.24) is 9.13 Å². The van der Waals surface area contributed by atoms with Gasteiger partial charge in [0.05, 0.1) is 0 Å². The van der Waals surface area contributed by atoms with Crippen molar-refractivity contribution in [2.45, 2.75) is 46.7 Å². The van der Waals surface area contributed by atoms with E-state index in [0.717, 1.165) is 25.1 Å². The van der Waals surface area contributed by atoms with E-state index < -0.39 is 0 Å². The molecule has 0 aromatic carbocycles. The van der Waals surface area contributed by atoms with Crippen molar-refractivity contribution in [3.05, 3.63) is 27.7 Å². The van der Waals surface area contributed by atoms with Gasteiger partial charge in [-0.2, -0.15) is 0 Å². The number of nitrogens with one attached hydrogen (secondary N) is 1. The van der Waals surface area contributed by atoms with Crippen LogP contribution in [0.25, 0.3) is 0 Å². The minimum Gasteiger partial charge on any atom is -0.316 e. The molecule has 0 aliphatic carbocycles. The fourth-order valence-electron chi connectivity index (χ4n) is 1.70. The van der Waals surface area contributed by atoms with Crippen molar-refractivity contribution in [2.24, 2.45) is 0 Å². The lowest BCUT2D eigenvalue weighted by atomic mass is 10.3. The van der Waals surface area contributed by atoms with Crippen LogP contribution >= 0.6 is 0 Å². The Labute approximate surface area is 89.7 Å². The van der Waals surface area contributed by atoms with Gasteiger partial charge in [0.25, 0.3) is 5.56 Å². The summed E-state index contributed by atoms with van der Waals surface area (Å²) in [6.07, 6.45) is 1.85. The van der Waals surface area contributed by atoms with Crippen molar-refractivity contribution in [3.8, 4) is 0 Å². The molecule has 84 valence electrons. The van der Waals surface area contributed by atoms with Gasteiger partial charge in [-0.1, -0.05) is 13.8 Å². The Bertz CT molecular complexity index is 442. The van der Waals surface area contributed by atoms with Crippen molar-refractivity contribution in [2.75, 3.05) is 0 Å². The predicted molar refractivity (Wildman–Crippen MR) is 59.9 cm³/mol. The molecule has 1 aromatic heterocycles. The summed E-state index contributed by atoms with van der Waals surface area (Å²) in [5.74, 6) is 0. The molecule has 1 aromatic rings. The zero-order chi connectivity index (χ0) is 11.4. The summed E-state index contributed by atoms with van der Waals surface area (Å²) in [5, 5.41) is 7.96. The topological polar surface area (TPSA) is 50.8 Å². The number of aryl methyl sites for hydroxylation is 1. The molecule has 0 aliphatic heterocycles. The Morgan fingerprint density at radius 2 is 1.73 bits per heavy atom. The van der Waals surface area contributed by atoms with Gasteiger partial charge >= 0.3 is 0 Å². The van der Waals surface area contributed by atoms with Gasteiger partial charge in [0.2, 0.25) is 5.62 Å². The lowest BCUT2D eigenvalue weighted by Crippen LogP contribution is -2.40. The van der Waals surface area contributed by atoms with Gasteiger partial charge in [-0.05, 0) is 19.8 Å². The number of rotatable bonds is 4. The Kier molecular flexibility index (Phi) is 3.88. The van der Waals surface area contributed by atoms with E-state index in [1.165, 1.54) is 4.57 Å². The second-order valence-electron chi connectivity index (χ2n) is 3.75. The predicted octanol–water partition coefficient (Wildman–Crippen LogP) is 1.26. The fourth-order valence-corrected chi connectivity index (χ4v) is 1.70. The van der Waals surface area contributed by atoms with E-state index in [4.69, 9.17) is 5.41 Å². The van der Waals surface area contributed by atoms with Crippen LogP contribution in [0.2, 0.25) is 0 Å². The zero-order valence-corrected chi connectivity index (χ0v) is 9.71. The minimum atomic E-state index is -0.0632. The summed E-state index contributed by atoms with van der Waals surface area (Å²) in [7, 11) is 0. The normalized spacial score (nSPS) is 10.6. The summed E-state index contributed by atoms with van der Waals surface area (Å²) in [6, 6.07) is 1.61. The maximum atomic E-state index is 11.6. The third-order valence-corrected chi connectivity index (χ3v) is 2.43. The van der Waals surface area contributed by atoms with Gasteiger partial charge in [0.1, 0.15) is 0 Å². The van der Waals surface area contributed by atoms with Crippen LogP contribution < -0.4 is 11.2 Å².